The molecule has 0 amide bonds. The van der Waals surface area contributed by atoms with E-state index in [4.69, 9.17) is 15.2 Å². The van der Waals surface area contributed by atoms with Crippen LogP contribution in [-0.4, -0.2) is 25.0 Å². The highest BCUT2D eigenvalue weighted by atomic mass is 16.8. The first-order valence-corrected chi connectivity index (χ1v) is 7.13. The molecule has 6 heteroatoms. The summed E-state index contributed by atoms with van der Waals surface area (Å²) in [4.78, 5) is 4.29. The van der Waals surface area contributed by atoms with Gasteiger partial charge in [0.2, 0.25) is 0 Å². The molecule has 4 rings (SSSR count). The molecule has 2 heterocycles. The van der Waals surface area contributed by atoms with Crippen molar-refractivity contribution in [3.63, 3.8) is 0 Å². The summed E-state index contributed by atoms with van der Waals surface area (Å²) in [5.74, 6) is -1.12. The molecule has 2 N–H and O–H groups in total. The van der Waals surface area contributed by atoms with Gasteiger partial charge in [0.15, 0.2) is 5.41 Å². The normalized spacial score (nSPS) is 42.8. The number of nitrogens with zero attached hydrogens (tertiary/aromatic N) is 3. The molecule has 20 heavy (non-hydrogen) atoms. The van der Waals surface area contributed by atoms with E-state index in [0.717, 1.165) is 32.1 Å². The van der Waals surface area contributed by atoms with Gasteiger partial charge in [-0.25, -0.2) is 4.99 Å². The van der Waals surface area contributed by atoms with Crippen molar-refractivity contribution < 1.29 is 9.47 Å². The number of hydrogen-bond acceptors (Lipinski definition) is 6. The van der Waals surface area contributed by atoms with Crippen LogP contribution in [0.4, 0.5) is 0 Å². The molecule has 3 fully saturated rings. The number of hydrogen-bond donors (Lipinski definition) is 1. The Morgan fingerprint density at radius 2 is 1.70 bits per heavy atom. The number of rotatable bonds is 0. The zero-order valence-corrected chi connectivity index (χ0v) is 11.2. The Labute approximate surface area is 117 Å². The smallest absolute Gasteiger partial charge is 0.293 e. The molecule has 104 valence electrons. The second-order valence-corrected chi connectivity index (χ2v) is 6.14. The molecule has 0 radical (unpaired) electrons. The van der Waals surface area contributed by atoms with Gasteiger partial charge in [-0.15, -0.1) is 0 Å². The minimum atomic E-state index is -1.35. The summed E-state index contributed by atoms with van der Waals surface area (Å²) in [5, 5.41) is 19.8. The van der Waals surface area contributed by atoms with Crippen LogP contribution in [0.3, 0.4) is 0 Å². The Morgan fingerprint density at radius 3 is 2.25 bits per heavy atom. The highest BCUT2D eigenvalue weighted by Gasteiger charge is 3.00. The molecule has 4 aliphatic rings. The third-order valence-electron chi connectivity index (χ3n) is 5.78. The number of ether oxygens (including phenoxy) is 2. The molecule has 0 aromatic rings. The van der Waals surface area contributed by atoms with Crippen molar-refractivity contribution in [2.24, 2.45) is 27.0 Å². The molecular weight excluding hydrogens is 256 g/mol. The molecule has 0 aromatic carbocycles. The quantitative estimate of drug-likeness (QED) is 0.709. The first kappa shape index (κ1) is 12.1. The van der Waals surface area contributed by atoms with Crippen LogP contribution in [-0.2, 0) is 9.47 Å². The predicted molar refractivity (Wildman–Crippen MR) is 67.9 cm³/mol. The lowest BCUT2D eigenvalue weighted by atomic mass is 9.76. The monoisotopic (exact) mass is 272 g/mol. The molecule has 1 saturated heterocycles. The lowest BCUT2D eigenvalue weighted by Crippen LogP contribution is -2.42. The first-order chi connectivity index (χ1) is 9.66. The molecule has 0 unspecified atom stereocenters. The number of aliphatic imine (C=N–C) groups is 1. The summed E-state index contributed by atoms with van der Waals surface area (Å²) in [5.41, 5.74) is 3.56. The van der Waals surface area contributed by atoms with E-state index in [2.05, 4.69) is 17.1 Å². The molecule has 6 nitrogen and oxygen atoms in total. The standard InChI is InChI=1S/C14H16N4O2/c15-8-12-10(17)18-14(19-6-7-20-14)13(12,9-16)11(12)4-2-1-3-5-11/h1-7H2,(H2,17,18)/t12-,13+/m0/s1. The summed E-state index contributed by atoms with van der Waals surface area (Å²) in [6.07, 6.45) is 4.79. The van der Waals surface area contributed by atoms with Gasteiger partial charge >= 0.3 is 0 Å². The lowest BCUT2D eigenvalue weighted by Gasteiger charge is -2.33. The van der Waals surface area contributed by atoms with Crippen LogP contribution in [0.15, 0.2) is 4.99 Å². The summed E-state index contributed by atoms with van der Waals surface area (Å²) in [6, 6.07) is 4.69. The Bertz CT molecular complexity index is 589. The summed E-state index contributed by atoms with van der Waals surface area (Å²) in [7, 11) is 0. The summed E-state index contributed by atoms with van der Waals surface area (Å²) < 4.78 is 11.4. The van der Waals surface area contributed by atoms with Gasteiger partial charge in [0, 0.05) is 5.41 Å². The fraction of sp³-hybridized carbons (Fsp3) is 0.786. The molecule has 0 bridgehead atoms. The average Bonchev–Trinajstić information content (AvgIpc) is 2.77. The van der Waals surface area contributed by atoms with Crippen molar-refractivity contribution in [2.75, 3.05) is 13.2 Å². The maximum Gasteiger partial charge on any atom is 0.293 e. The maximum absolute atomic E-state index is 9.93. The van der Waals surface area contributed by atoms with Crippen molar-refractivity contribution in [3.8, 4) is 12.1 Å². The lowest BCUT2D eigenvalue weighted by molar-refractivity contribution is -0.193. The third kappa shape index (κ3) is 0.827. The van der Waals surface area contributed by atoms with Gasteiger partial charge in [-0.1, -0.05) is 19.3 Å². The summed E-state index contributed by atoms with van der Waals surface area (Å²) in [6.45, 7) is 0.773. The molecule has 0 aromatic heterocycles. The fourth-order valence-corrected chi connectivity index (χ4v) is 5.09. The molecule has 2 spiro atoms. The zero-order valence-electron chi connectivity index (χ0n) is 11.2. The molecule has 2 saturated carbocycles. The van der Waals surface area contributed by atoms with E-state index >= 15 is 0 Å². The van der Waals surface area contributed by atoms with Gasteiger partial charge in [0.1, 0.15) is 11.3 Å². The van der Waals surface area contributed by atoms with Gasteiger partial charge in [-0.3, -0.25) is 0 Å². The fourth-order valence-electron chi connectivity index (χ4n) is 5.09. The van der Waals surface area contributed by atoms with Crippen LogP contribution in [0.25, 0.3) is 0 Å². The van der Waals surface area contributed by atoms with Crippen LogP contribution in [0, 0.1) is 38.9 Å². The summed E-state index contributed by atoms with van der Waals surface area (Å²) >= 11 is 0. The largest absolute Gasteiger partial charge is 0.386 e. The number of nitriles is 2. The van der Waals surface area contributed by atoms with Crippen molar-refractivity contribution >= 4 is 5.84 Å². The Kier molecular flexibility index (Phi) is 2.02. The second-order valence-electron chi connectivity index (χ2n) is 6.14. The Hall–Kier alpha value is -1.63. The van der Waals surface area contributed by atoms with E-state index in [1.165, 1.54) is 0 Å². The zero-order chi connectivity index (χ0) is 14.1. The van der Waals surface area contributed by atoms with E-state index in [0.29, 0.717) is 13.2 Å². The van der Waals surface area contributed by atoms with E-state index in [9.17, 15) is 10.5 Å². The number of amidine groups is 1. The van der Waals surface area contributed by atoms with Gasteiger partial charge in [-0.2, -0.15) is 10.5 Å². The van der Waals surface area contributed by atoms with Crippen LogP contribution in [0.5, 0.6) is 0 Å². The Balaban J connectivity index is 1.95. The van der Waals surface area contributed by atoms with E-state index in [1.807, 2.05) is 0 Å². The maximum atomic E-state index is 9.93. The van der Waals surface area contributed by atoms with Crippen LogP contribution in [0.2, 0.25) is 0 Å². The number of nitrogens with two attached hydrogens (primary N) is 1. The van der Waals surface area contributed by atoms with Crippen molar-refractivity contribution in [1.82, 2.24) is 0 Å². The highest BCUT2D eigenvalue weighted by molar-refractivity contribution is 6.00. The molecule has 2 atom stereocenters. The van der Waals surface area contributed by atoms with Crippen LogP contribution in [0.1, 0.15) is 32.1 Å². The SMILES string of the molecule is N#C[C@]12C3(N=C(N)[C@@]1(C#N)C21CCCCC1)OCCO3. The van der Waals surface area contributed by atoms with Gasteiger partial charge in [-0.05, 0) is 12.8 Å². The van der Waals surface area contributed by atoms with Gasteiger partial charge in [0.05, 0.1) is 25.4 Å². The highest BCUT2D eigenvalue weighted by Crippen LogP contribution is 2.89. The average molecular weight is 272 g/mol. The van der Waals surface area contributed by atoms with Crippen molar-refractivity contribution in [3.05, 3.63) is 0 Å². The van der Waals surface area contributed by atoms with E-state index < -0.39 is 22.2 Å². The molecule has 2 aliphatic carbocycles. The van der Waals surface area contributed by atoms with Crippen LogP contribution < -0.4 is 5.73 Å². The molecular formula is C14H16N4O2. The first-order valence-electron chi connectivity index (χ1n) is 7.13. The molecule has 2 aliphatic heterocycles. The van der Waals surface area contributed by atoms with E-state index in [-0.39, 0.29) is 5.84 Å². The van der Waals surface area contributed by atoms with Crippen molar-refractivity contribution in [2.45, 2.75) is 38.0 Å². The topological polar surface area (TPSA) is 104 Å². The van der Waals surface area contributed by atoms with Gasteiger partial charge in [0.25, 0.3) is 5.91 Å². The number of fused-ring (bicyclic) bond motifs is 4. The van der Waals surface area contributed by atoms with Crippen LogP contribution >= 0.6 is 0 Å². The van der Waals surface area contributed by atoms with E-state index in [1.54, 1.807) is 0 Å². The predicted octanol–water partition coefficient (Wildman–Crippen LogP) is 1.04. The minimum Gasteiger partial charge on any atom is -0.386 e. The Morgan fingerprint density at radius 1 is 1.05 bits per heavy atom. The minimum absolute atomic E-state index is 0.227. The van der Waals surface area contributed by atoms with Gasteiger partial charge < -0.3 is 15.2 Å². The second kappa shape index (κ2) is 3.33. The van der Waals surface area contributed by atoms with Crippen molar-refractivity contribution in [1.29, 1.82) is 10.5 Å². The third-order valence-corrected chi connectivity index (χ3v) is 5.78.